The molecule has 0 atom stereocenters. The van der Waals surface area contributed by atoms with E-state index in [-0.39, 0.29) is 49.7 Å². The van der Waals surface area contributed by atoms with Gasteiger partial charge in [-0.2, -0.15) is 5.26 Å². The van der Waals surface area contributed by atoms with Crippen LogP contribution in [0.3, 0.4) is 0 Å². The summed E-state index contributed by atoms with van der Waals surface area (Å²) in [7, 11) is 0. The maximum absolute atomic E-state index is 13.1. The van der Waals surface area contributed by atoms with E-state index in [1.54, 1.807) is 43.3 Å². The Balaban J connectivity index is 1.77. The van der Waals surface area contributed by atoms with Crippen LogP contribution in [-0.2, 0) is 28.6 Å². The van der Waals surface area contributed by atoms with Crippen LogP contribution >= 0.6 is 0 Å². The predicted octanol–water partition coefficient (Wildman–Crippen LogP) is 3.30. The molecule has 10 nitrogen and oxygen atoms in total. The first-order chi connectivity index (χ1) is 17.8. The Morgan fingerprint density at radius 1 is 1.03 bits per heavy atom. The average molecular weight is 507 g/mol. The molecule has 2 amide bonds. The molecule has 0 aliphatic carbocycles. The second-order valence-corrected chi connectivity index (χ2v) is 7.88. The van der Waals surface area contributed by atoms with Crippen molar-refractivity contribution in [3.8, 4) is 17.4 Å². The van der Waals surface area contributed by atoms with Crippen molar-refractivity contribution in [2.24, 2.45) is 0 Å². The molecule has 2 heterocycles. The highest BCUT2D eigenvalue weighted by Crippen LogP contribution is 2.29. The van der Waals surface area contributed by atoms with Crippen LogP contribution in [-0.4, -0.2) is 61.6 Å². The number of nitrogens with zero attached hydrogens (tertiary/aromatic N) is 2. The van der Waals surface area contributed by atoms with E-state index in [1.807, 2.05) is 6.07 Å². The number of amides is 2. The standard InChI is InChI=1S/C27H26N2O8/c1-4-35-27(33)20-7-5-19(6-8-20)24-10-9-21(37-24)15-22-17(2)23(16-28)26(32)29(25(22)31)11-12-34-13-14-36-18(3)30/h5-10,15H,4,11-14H2,1-3H3/b22-15+. The lowest BCUT2D eigenvalue weighted by Gasteiger charge is -2.27. The van der Waals surface area contributed by atoms with Crippen LogP contribution in [0.5, 0.6) is 0 Å². The van der Waals surface area contributed by atoms with E-state index in [9.17, 15) is 24.4 Å². The molecule has 0 radical (unpaired) electrons. The Morgan fingerprint density at radius 2 is 1.76 bits per heavy atom. The van der Waals surface area contributed by atoms with Gasteiger partial charge in [0.1, 0.15) is 29.8 Å². The number of rotatable bonds is 10. The van der Waals surface area contributed by atoms with Crippen LogP contribution in [0, 0.1) is 11.3 Å². The quantitative estimate of drug-likeness (QED) is 0.206. The van der Waals surface area contributed by atoms with Gasteiger partial charge in [-0.05, 0) is 49.8 Å². The van der Waals surface area contributed by atoms with E-state index in [4.69, 9.17) is 18.6 Å². The Bertz CT molecular complexity index is 1290. The number of carbonyl (C=O) groups excluding carboxylic acids is 4. The van der Waals surface area contributed by atoms with Crippen LogP contribution < -0.4 is 0 Å². The molecule has 1 aliphatic rings. The van der Waals surface area contributed by atoms with Gasteiger partial charge in [-0.25, -0.2) is 4.79 Å². The molecule has 0 spiro atoms. The number of nitriles is 1. The third kappa shape index (κ3) is 6.59. The molecular formula is C27H26N2O8. The third-order valence-corrected chi connectivity index (χ3v) is 5.41. The van der Waals surface area contributed by atoms with Crippen LogP contribution in [0.15, 0.2) is 57.5 Å². The number of benzene rings is 1. The number of carbonyl (C=O) groups is 4. The molecule has 0 N–H and O–H groups in total. The van der Waals surface area contributed by atoms with Crippen LogP contribution in [0.2, 0.25) is 0 Å². The van der Waals surface area contributed by atoms with E-state index < -0.39 is 23.8 Å². The summed E-state index contributed by atoms with van der Waals surface area (Å²) in [6.07, 6.45) is 1.48. The highest BCUT2D eigenvalue weighted by atomic mass is 16.6. The van der Waals surface area contributed by atoms with Gasteiger partial charge >= 0.3 is 11.9 Å². The molecule has 37 heavy (non-hydrogen) atoms. The monoisotopic (exact) mass is 506 g/mol. The van der Waals surface area contributed by atoms with E-state index in [0.717, 1.165) is 4.90 Å². The van der Waals surface area contributed by atoms with Crippen molar-refractivity contribution >= 4 is 29.8 Å². The van der Waals surface area contributed by atoms with Gasteiger partial charge in [0.25, 0.3) is 11.8 Å². The normalized spacial score (nSPS) is 14.6. The number of hydrogen-bond acceptors (Lipinski definition) is 9. The molecule has 2 aromatic rings. The maximum atomic E-state index is 13.1. The van der Waals surface area contributed by atoms with Crippen molar-refractivity contribution in [1.82, 2.24) is 4.90 Å². The van der Waals surface area contributed by atoms with Crippen molar-refractivity contribution in [3.63, 3.8) is 0 Å². The van der Waals surface area contributed by atoms with Gasteiger partial charge in [0.05, 0.1) is 31.9 Å². The Labute approximate surface area is 213 Å². The minimum absolute atomic E-state index is 0.0104. The Kier molecular flexibility index (Phi) is 9.13. The summed E-state index contributed by atoms with van der Waals surface area (Å²) in [5.74, 6) is -1.29. The molecule has 0 fully saturated rings. The molecule has 1 aliphatic heterocycles. The molecule has 0 bridgehead atoms. The lowest BCUT2D eigenvalue weighted by atomic mass is 9.94. The molecule has 0 unspecified atom stereocenters. The molecule has 1 aromatic heterocycles. The summed E-state index contributed by atoms with van der Waals surface area (Å²) in [6.45, 7) is 4.91. The summed E-state index contributed by atoms with van der Waals surface area (Å²) < 4.78 is 21.0. The fourth-order valence-corrected chi connectivity index (χ4v) is 3.55. The van der Waals surface area contributed by atoms with Crippen molar-refractivity contribution in [2.75, 3.05) is 33.0 Å². The van der Waals surface area contributed by atoms with E-state index in [2.05, 4.69) is 0 Å². The van der Waals surface area contributed by atoms with Crippen molar-refractivity contribution in [1.29, 1.82) is 5.26 Å². The fraction of sp³-hybridized carbons (Fsp3) is 0.296. The largest absolute Gasteiger partial charge is 0.463 e. The second-order valence-electron chi connectivity index (χ2n) is 7.88. The van der Waals surface area contributed by atoms with E-state index in [1.165, 1.54) is 19.9 Å². The summed E-state index contributed by atoms with van der Waals surface area (Å²) in [5, 5.41) is 9.53. The summed E-state index contributed by atoms with van der Waals surface area (Å²) in [4.78, 5) is 49.4. The highest BCUT2D eigenvalue weighted by molar-refractivity contribution is 6.19. The molecule has 1 aromatic carbocycles. The van der Waals surface area contributed by atoms with Crippen LogP contribution in [0.25, 0.3) is 17.4 Å². The van der Waals surface area contributed by atoms with Crippen molar-refractivity contribution in [2.45, 2.75) is 20.8 Å². The third-order valence-electron chi connectivity index (χ3n) is 5.41. The topological polar surface area (TPSA) is 136 Å². The average Bonchev–Trinajstić information content (AvgIpc) is 3.35. The van der Waals surface area contributed by atoms with Gasteiger partial charge in [-0.1, -0.05) is 12.1 Å². The minimum atomic E-state index is -0.701. The number of ether oxygens (including phenoxy) is 3. The predicted molar refractivity (Wildman–Crippen MR) is 131 cm³/mol. The smallest absolute Gasteiger partial charge is 0.338 e. The minimum Gasteiger partial charge on any atom is -0.463 e. The first kappa shape index (κ1) is 27.1. The van der Waals surface area contributed by atoms with Gasteiger partial charge in [0.2, 0.25) is 0 Å². The SMILES string of the molecule is CCOC(=O)c1ccc(-c2ccc(/C=C3/C(=O)N(CCOCCOC(C)=O)C(=O)C(C#N)=C3C)o2)cc1. The van der Waals surface area contributed by atoms with Gasteiger partial charge in [0.15, 0.2) is 0 Å². The van der Waals surface area contributed by atoms with E-state index >= 15 is 0 Å². The zero-order valence-corrected chi connectivity index (χ0v) is 20.7. The zero-order valence-electron chi connectivity index (χ0n) is 20.7. The first-order valence-electron chi connectivity index (χ1n) is 11.5. The Morgan fingerprint density at radius 3 is 2.41 bits per heavy atom. The molecule has 10 heteroatoms. The molecular weight excluding hydrogens is 480 g/mol. The van der Waals surface area contributed by atoms with Gasteiger partial charge in [0, 0.05) is 18.1 Å². The van der Waals surface area contributed by atoms with Gasteiger partial charge < -0.3 is 18.6 Å². The highest BCUT2D eigenvalue weighted by Gasteiger charge is 2.35. The molecule has 192 valence electrons. The molecule has 0 saturated heterocycles. The van der Waals surface area contributed by atoms with E-state index in [0.29, 0.717) is 22.6 Å². The molecule has 0 saturated carbocycles. The summed E-state index contributed by atoms with van der Waals surface area (Å²) >= 11 is 0. The number of hydrogen-bond donors (Lipinski definition) is 0. The van der Waals surface area contributed by atoms with Gasteiger partial charge in [-0.3, -0.25) is 19.3 Å². The zero-order chi connectivity index (χ0) is 26.9. The number of furan rings is 1. The number of imide groups is 1. The first-order valence-corrected chi connectivity index (χ1v) is 11.5. The lowest BCUT2D eigenvalue weighted by molar-refractivity contribution is -0.142. The van der Waals surface area contributed by atoms with Gasteiger partial charge in [-0.15, -0.1) is 0 Å². The fourth-order valence-electron chi connectivity index (χ4n) is 3.55. The Hall–Kier alpha value is -4.49. The summed E-state index contributed by atoms with van der Waals surface area (Å²) in [5.41, 5.74) is 1.38. The van der Waals surface area contributed by atoms with Crippen molar-refractivity contribution < 1.29 is 37.8 Å². The lowest BCUT2D eigenvalue weighted by Crippen LogP contribution is -2.44. The second kappa shape index (κ2) is 12.5. The maximum Gasteiger partial charge on any atom is 0.338 e. The molecule has 3 rings (SSSR count). The number of esters is 2. The van der Waals surface area contributed by atoms with Crippen molar-refractivity contribution in [3.05, 3.63) is 64.4 Å². The summed E-state index contributed by atoms with van der Waals surface area (Å²) in [6, 6.07) is 11.9. The van der Waals surface area contributed by atoms with Crippen LogP contribution in [0.4, 0.5) is 0 Å². The van der Waals surface area contributed by atoms with Crippen LogP contribution in [0.1, 0.15) is 36.9 Å².